The Bertz CT molecular complexity index is 983. The van der Waals surface area contributed by atoms with E-state index >= 15 is 0 Å². The Balaban J connectivity index is 1.74. The smallest absolute Gasteiger partial charge is 0.309 e. The molecule has 2 aromatic heterocycles. The number of rotatable bonds is 3. The molecule has 0 spiro atoms. The quantitative estimate of drug-likeness (QED) is 0.686. The average Bonchev–Trinajstić information content (AvgIpc) is 3.27. The van der Waals surface area contributed by atoms with Crippen molar-refractivity contribution in [3.05, 3.63) is 40.4 Å². The molecule has 7 heteroatoms. The second kappa shape index (κ2) is 5.74. The van der Waals surface area contributed by atoms with E-state index in [1.807, 2.05) is 18.2 Å². The topological polar surface area (TPSA) is 78.5 Å². The van der Waals surface area contributed by atoms with Crippen LogP contribution in [-0.2, 0) is 23.2 Å². The highest BCUT2D eigenvalue weighted by molar-refractivity contribution is 5.80. The molecule has 1 fully saturated rings. The van der Waals surface area contributed by atoms with Crippen molar-refractivity contribution in [2.75, 3.05) is 0 Å². The average molecular weight is 326 g/mol. The van der Waals surface area contributed by atoms with Gasteiger partial charge >= 0.3 is 5.97 Å². The van der Waals surface area contributed by atoms with Crippen LogP contribution in [0.25, 0.3) is 16.7 Å². The van der Waals surface area contributed by atoms with Gasteiger partial charge in [0.05, 0.1) is 16.8 Å². The van der Waals surface area contributed by atoms with Gasteiger partial charge in [-0.2, -0.15) is 0 Å². The fraction of sp³-hybridized carbons (Fsp3) is 0.412. The van der Waals surface area contributed by atoms with Gasteiger partial charge in [0, 0.05) is 7.05 Å². The maximum atomic E-state index is 12.4. The molecule has 4 rings (SSSR count). The summed E-state index contributed by atoms with van der Waals surface area (Å²) in [6.45, 7) is 0.0543. The van der Waals surface area contributed by atoms with E-state index in [0.29, 0.717) is 22.5 Å². The molecule has 0 radical (unpaired) electrons. The van der Waals surface area contributed by atoms with Gasteiger partial charge in [-0.25, -0.2) is 0 Å². The first-order valence-corrected chi connectivity index (χ1v) is 8.15. The number of hydrogen-bond donors (Lipinski definition) is 0. The van der Waals surface area contributed by atoms with Crippen LogP contribution in [0, 0.1) is 5.92 Å². The second-order valence-corrected chi connectivity index (χ2v) is 6.22. The second-order valence-electron chi connectivity index (χ2n) is 6.22. The number of ether oxygens (including phenoxy) is 1. The predicted molar refractivity (Wildman–Crippen MR) is 87.5 cm³/mol. The van der Waals surface area contributed by atoms with Crippen molar-refractivity contribution in [2.24, 2.45) is 13.0 Å². The van der Waals surface area contributed by atoms with Crippen LogP contribution in [-0.4, -0.2) is 25.1 Å². The molecular formula is C17H18N4O3. The van der Waals surface area contributed by atoms with E-state index in [0.717, 1.165) is 25.7 Å². The summed E-state index contributed by atoms with van der Waals surface area (Å²) in [5.41, 5.74) is 0.590. The summed E-state index contributed by atoms with van der Waals surface area (Å²) in [4.78, 5) is 24.5. The van der Waals surface area contributed by atoms with E-state index in [1.165, 1.54) is 4.57 Å². The van der Waals surface area contributed by atoms with Gasteiger partial charge in [-0.3, -0.25) is 18.6 Å². The van der Waals surface area contributed by atoms with Crippen molar-refractivity contribution in [2.45, 2.75) is 32.3 Å². The largest absolute Gasteiger partial charge is 0.457 e. The van der Waals surface area contributed by atoms with E-state index in [4.69, 9.17) is 4.74 Å². The lowest BCUT2D eigenvalue weighted by Gasteiger charge is -2.10. The molecule has 1 saturated carbocycles. The number of benzene rings is 1. The van der Waals surface area contributed by atoms with Gasteiger partial charge in [0.25, 0.3) is 5.56 Å². The third-order valence-corrected chi connectivity index (χ3v) is 4.73. The van der Waals surface area contributed by atoms with Crippen LogP contribution in [0.5, 0.6) is 0 Å². The van der Waals surface area contributed by atoms with E-state index in [9.17, 15) is 9.59 Å². The highest BCUT2D eigenvalue weighted by Gasteiger charge is 2.25. The number of aromatic nitrogens is 4. The van der Waals surface area contributed by atoms with Crippen molar-refractivity contribution < 1.29 is 9.53 Å². The lowest BCUT2D eigenvalue weighted by molar-refractivity contribution is -0.149. The SMILES string of the molecule is Cn1c(=O)c2ccccc2n2c(COC(=O)C3CCCC3)nnc12. The Morgan fingerprint density at radius 2 is 2.00 bits per heavy atom. The maximum absolute atomic E-state index is 12.4. The molecule has 1 aromatic carbocycles. The minimum atomic E-state index is -0.168. The van der Waals surface area contributed by atoms with Crippen LogP contribution >= 0.6 is 0 Å². The van der Waals surface area contributed by atoms with Crippen LogP contribution in [0.15, 0.2) is 29.1 Å². The third kappa shape index (κ3) is 2.28. The predicted octanol–water partition coefficient (Wildman–Crippen LogP) is 1.81. The zero-order valence-electron chi connectivity index (χ0n) is 13.4. The Kier molecular flexibility index (Phi) is 3.55. The van der Waals surface area contributed by atoms with E-state index in [1.54, 1.807) is 17.5 Å². The van der Waals surface area contributed by atoms with Crippen molar-refractivity contribution in [1.29, 1.82) is 0 Å². The number of hydrogen-bond acceptors (Lipinski definition) is 5. The first kappa shape index (κ1) is 14.9. The van der Waals surface area contributed by atoms with Crippen LogP contribution in [0.2, 0.25) is 0 Å². The molecule has 0 atom stereocenters. The number of esters is 1. The number of aryl methyl sites for hydroxylation is 1. The number of para-hydroxylation sites is 1. The molecule has 0 saturated heterocycles. The molecule has 0 amide bonds. The van der Waals surface area contributed by atoms with Gasteiger partial charge in [0.1, 0.15) is 0 Å². The van der Waals surface area contributed by atoms with Crippen LogP contribution in [0.3, 0.4) is 0 Å². The summed E-state index contributed by atoms with van der Waals surface area (Å²) in [5.74, 6) is 0.789. The van der Waals surface area contributed by atoms with Crippen LogP contribution in [0.1, 0.15) is 31.5 Å². The summed E-state index contributed by atoms with van der Waals surface area (Å²) in [6.07, 6.45) is 3.97. The Labute approximate surface area is 137 Å². The van der Waals surface area contributed by atoms with Gasteiger partial charge in [-0.05, 0) is 25.0 Å². The molecule has 124 valence electrons. The minimum absolute atomic E-state index is 0.00489. The molecule has 2 heterocycles. The van der Waals surface area contributed by atoms with Crippen LogP contribution < -0.4 is 5.56 Å². The summed E-state index contributed by atoms with van der Waals surface area (Å²) in [7, 11) is 1.66. The minimum Gasteiger partial charge on any atom is -0.457 e. The van der Waals surface area contributed by atoms with Crippen molar-refractivity contribution in [3.63, 3.8) is 0 Å². The number of carbonyl (C=O) groups is 1. The van der Waals surface area contributed by atoms with Gasteiger partial charge in [-0.15, -0.1) is 10.2 Å². The molecule has 0 aliphatic heterocycles. The van der Waals surface area contributed by atoms with Crippen molar-refractivity contribution in [3.8, 4) is 0 Å². The Morgan fingerprint density at radius 1 is 1.25 bits per heavy atom. The lowest BCUT2D eigenvalue weighted by atomic mass is 10.1. The fourth-order valence-electron chi connectivity index (χ4n) is 3.40. The van der Waals surface area contributed by atoms with Gasteiger partial charge < -0.3 is 4.74 Å². The van der Waals surface area contributed by atoms with Gasteiger partial charge in [0.2, 0.25) is 5.78 Å². The molecule has 1 aliphatic carbocycles. The first-order valence-electron chi connectivity index (χ1n) is 8.15. The molecule has 0 N–H and O–H groups in total. The van der Waals surface area contributed by atoms with E-state index in [2.05, 4.69) is 10.2 Å². The van der Waals surface area contributed by atoms with Crippen LogP contribution in [0.4, 0.5) is 0 Å². The highest BCUT2D eigenvalue weighted by Crippen LogP contribution is 2.26. The zero-order valence-corrected chi connectivity index (χ0v) is 13.4. The molecular weight excluding hydrogens is 308 g/mol. The molecule has 7 nitrogen and oxygen atoms in total. The summed E-state index contributed by atoms with van der Waals surface area (Å²) in [5, 5.41) is 8.79. The molecule has 3 aromatic rings. The molecule has 24 heavy (non-hydrogen) atoms. The molecule has 0 unspecified atom stereocenters. The van der Waals surface area contributed by atoms with Gasteiger partial charge in [0.15, 0.2) is 12.4 Å². The van der Waals surface area contributed by atoms with Crippen molar-refractivity contribution >= 4 is 22.6 Å². The summed E-state index contributed by atoms with van der Waals surface area (Å²) < 4.78 is 8.68. The summed E-state index contributed by atoms with van der Waals surface area (Å²) in [6, 6.07) is 7.29. The lowest BCUT2D eigenvalue weighted by Crippen LogP contribution is -2.21. The van der Waals surface area contributed by atoms with E-state index in [-0.39, 0.29) is 24.1 Å². The maximum Gasteiger partial charge on any atom is 0.309 e. The fourth-order valence-corrected chi connectivity index (χ4v) is 3.40. The molecule has 0 bridgehead atoms. The standard InChI is InChI=1S/C17H18N4O3/c1-20-15(22)12-8-4-5-9-13(12)21-14(18-19-17(20)21)10-24-16(23)11-6-2-3-7-11/h4-5,8-9,11H,2-3,6-7,10H2,1H3. The van der Waals surface area contributed by atoms with E-state index < -0.39 is 0 Å². The zero-order chi connectivity index (χ0) is 16.7. The number of nitrogens with zero attached hydrogens (tertiary/aromatic N) is 4. The first-order chi connectivity index (χ1) is 11.7. The molecule has 1 aliphatic rings. The van der Waals surface area contributed by atoms with Gasteiger partial charge in [-0.1, -0.05) is 25.0 Å². The normalized spacial score (nSPS) is 15.4. The Morgan fingerprint density at radius 3 is 2.79 bits per heavy atom. The highest BCUT2D eigenvalue weighted by atomic mass is 16.5. The monoisotopic (exact) mass is 326 g/mol. The number of carbonyl (C=O) groups excluding carboxylic acids is 1. The van der Waals surface area contributed by atoms with Crippen molar-refractivity contribution in [1.82, 2.24) is 19.2 Å². The third-order valence-electron chi connectivity index (χ3n) is 4.73. The Hall–Kier alpha value is -2.70. The summed E-state index contributed by atoms with van der Waals surface area (Å²) >= 11 is 0. The number of fused-ring (bicyclic) bond motifs is 3.